The van der Waals surface area contributed by atoms with Crippen LogP contribution in [0.1, 0.15) is 65.2 Å². The van der Waals surface area contributed by atoms with Gasteiger partial charge in [0.15, 0.2) is 0 Å². The number of rotatable bonds is 0. The molecule has 0 aromatic rings. The Morgan fingerprint density at radius 3 is 2.64 bits per heavy atom. The van der Waals surface area contributed by atoms with E-state index in [2.05, 4.69) is 19.2 Å². The zero-order valence-electron chi connectivity index (χ0n) is 14.0. The smallest absolute Gasteiger partial charge is 0.220 e. The molecule has 0 radical (unpaired) electrons. The fraction of sp³-hybridized carbons (Fsp3) is 0.895. The minimum Gasteiger partial charge on any atom is -0.356 e. The summed E-state index contributed by atoms with van der Waals surface area (Å²) in [5.74, 6) is 3.40. The summed E-state index contributed by atoms with van der Waals surface area (Å²) in [7, 11) is 0. The molecule has 0 aromatic heterocycles. The van der Waals surface area contributed by atoms with Crippen LogP contribution in [-0.4, -0.2) is 18.2 Å². The van der Waals surface area contributed by atoms with E-state index in [1.54, 1.807) is 0 Å². The Kier molecular flexibility index (Phi) is 3.22. The number of hydrogen-bond donors (Lipinski definition) is 1. The van der Waals surface area contributed by atoms with E-state index >= 15 is 0 Å². The summed E-state index contributed by atoms with van der Waals surface area (Å²) in [6.45, 7) is 5.54. The third-order valence-electron chi connectivity index (χ3n) is 8.19. The van der Waals surface area contributed by atoms with Gasteiger partial charge in [-0.15, -0.1) is 0 Å². The van der Waals surface area contributed by atoms with E-state index in [1.165, 1.54) is 19.3 Å². The van der Waals surface area contributed by atoms with Crippen LogP contribution in [0.4, 0.5) is 0 Å². The Balaban J connectivity index is 1.66. The normalized spacial score (nSPS) is 51.4. The molecule has 4 rings (SSSR count). The zero-order valence-corrected chi connectivity index (χ0v) is 14.0. The van der Waals surface area contributed by atoms with Gasteiger partial charge in [-0.3, -0.25) is 9.59 Å². The van der Waals surface area contributed by atoms with Gasteiger partial charge >= 0.3 is 0 Å². The van der Waals surface area contributed by atoms with Crippen molar-refractivity contribution in [3.63, 3.8) is 0 Å². The predicted octanol–water partition coefficient (Wildman–Crippen LogP) is 3.32. The van der Waals surface area contributed by atoms with Gasteiger partial charge in [0.05, 0.1) is 0 Å². The molecule has 3 heteroatoms. The summed E-state index contributed by atoms with van der Waals surface area (Å²) in [5.41, 5.74) is 0.276. The van der Waals surface area contributed by atoms with Crippen LogP contribution in [0.15, 0.2) is 0 Å². The summed E-state index contributed by atoms with van der Waals surface area (Å²) < 4.78 is 0. The van der Waals surface area contributed by atoms with E-state index in [-0.39, 0.29) is 11.3 Å². The van der Waals surface area contributed by atoms with E-state index < -0.39 is 0 Å². The van der Waals surface area contributed by atoms with Crippen molar-refractivity contribution in [1.82, 2.24) is 5.32 Å². The fourth-order valence-corrected chi connectivity index (χ4v) is 6.80. The number of hydrogen-bond acceptors (Lipinski definition) is 2. The van der Waals surface area contributed by atoms with Gasteiger partial charge in [-0.05, 0) is 67.6 Å². The maximum atomic E-state index is 12.4. The summed E-state index contributed by atoms with van der Waals surface area (Å²) in [4.78, 5) is 24.4. The fourth-order valence-electron chi connectivity index (χ4n) is 6.80. The lowest BCUT2D eigenvalue weighted by atomic mass is 9.47. The molecule has 3 saturated carbocycles. The molecule has 122 valence electrons. The van der Waals surface area contributed by atoms with Crippen molar-refractivity contribution in [2.45, 2.75) is 65.2 Å². The van der Waals surface area contributed by atoms with Crippen LogP contribution in [0, 0.1) is 34.5 Å². The summed E-state index contributed by atoms with van der Waals surface area (Å²) in [6, 6.07) is 0. The zero-order chi connectivity index (χ0) is 15.5. The highest BCUT2D eigenvalue weighted by molar-refractivity contribution is 5.87. The van der Waals surface area contributed by atoms with Crippen molar-refractivity contribution in [1.29, 1.82) is 0 Å². The van der Waals surface area contributed by atoms with E-state index in [0.717, 1.165) is 50.5 Å². The van der Waals surface area contributed by atoms with Gasteiger partial charge in [0.2, 0.25) is 5.91 Å². The molecule has 1 aliphatic heterocycles. The number of carbonyl (C=O) groups is 2. The topological polar surface area (TPSA) is 46.2 Å². The third-order valence-corrected chi connectivity index (χ3v) is 8.19. The average molecular weight is 303 g/mol. The van der Waals surface area contributed by atoms with E-state index in [9.17, 15) is 9.59 Å². The molecular weight excluding hydrogens is 274 g/mol. The van der Waals surface area contributed by atoms with E-state index in [4.69, 9.17) is 0 Å². The number of amides is 1. The average Bonchev–Trinajstić information content (AvgIpc) is 2.68. The number of ketones is 1. The molecule has 4 fully saturated rings. The van der Waals surface area contributed by atoms with Gasteiger partial charge in [0.1, 0.15) is 5.78 Å². The first-order chi connectivity index (χ1) is 10.4. The van der Waals surface area contributed by atoms with Crippen LogP contribution in [0.5, 0.6) is 0 Å². The molecule has 0 spiro atoms. The largest absolute Gasteiger partial charge is 0.356 e. The molecule has 3 aliphatic carbocycles. The second kappa shape index (κ2) is 4.82. The van der Waals surface area contributed by atoms with Crippen molar-refractivity contribution in [2.75, 3.05) is 6.54 Å². The number of Topliss-reactive ketones (excluding diaryl/α,β-unsaturated/α-hetero) is 1. The van der Waals surface area contributed by atoms with Gasteiger partial charge in [0.25, 0.3) is 0 Å². The standard InChI is InChI=1S/C19H29NO2/c1-18-9-10-20-17(22)11-12(18)3-4-13-14-5-6-16(21)19(14,2)8-7-15(13)18/h12-15H,3-11H2,1-2H3,(H,20,22)/t12?,13-,14-,15-,18-,19-/m0/s1. The molecule has 1 saturated heterocycles. The number of carbonyl (C=O) groups excluding carboxylic acids is 2. The lowest BCUT2D eigenvalue weighted by Gasteiger charge is -2.57. The molecule has 6 atom stereocenters. The van der Waals surface area contributed by atoms with E-state index in [1.807, 2.05) is 0 Å². The Hall–Kier alpha value is -0.860. The monoisotopic (exact) mass is 303 g/mol. The second-order valence-electron chi connectivity index (χ2n) is 8.88. The Labute approximate surface area is 133 Å². The van der Waals surface area contributed by atoms with Crippen molar-refractivity contribution >= 4 is 11.7 Å². The summed E-state index contributed by atoms with van der Waals surface area (Å²) >= 11 is 0. The number of fused-ring (bicyclic) bond motifs is 5. The molecule has 0 aromatic carbocycles. The maximum absolute atomic E-state index is 12.4. The van der Waals surface area contributed by atoms with Gasteiger partial charge < -0.3 is 5.32 Å². The van der Waals surface area contributed by atoms with Crippen molar-refractivity contribution in [3.05, 3.63) is 0 Å². The quantitative estimate of drug-likeness (QED) is 0.746. The van der Waals surface area contributed by atoms with Gasteiger partial charge in [-0.1, -0.05) is 13.8 Å². The van der Waals surface area contributed by atoms with Crippen LogP contribution >= 0.6 is 0 Å². The van der Waals surface area contributed by atoms with Crippen LogP contribution < -0.4 is 5.32 Å². The molecule has 1 heterocycles. The molecule has 1 amide bonds. The molecule has 22 heavy (non-hydrogen) atoms. The maximum Gasteiger partial charge on any atom is 0.220 e. The van der Waals surface area contributed by atoms with Gasteiger partial charge in [0, 0.05) is 24.8 Å². The Bertz CT molecular complexity index is 516. The second-order valence-corrected chi connectivity index (χ2v) is 8.88. The lowest BCUT2D eigenvalue weighted by Crippen LogP contribution is -2.52. The first-order valence-electron chi connectivity index (χ1n) is 9.25. The molecule has 1 N–H and O–H groups in total. The highest BCUT2D eigenvalue weighted by atomic mass is 16.1. The third kappa shape index (κ3) is 1.86. The van der Waals surface area contributed by atoms with Gasteiger partial charge in [-0.2, -0.15) is 0 Å². The Morgan fingerprint density at radius 1 is 1.00 bits per heavy atom. The number of nitrogens with one attached hydrogen (secondary N) is 1. The SMILES string of the molecule is C[C@]12CCNC(=O)CC1CC[C@@H]1[C@@H]2CC[C@]2(C)C(=O)CC[C@@H]12. The highest BCUT2D eigenvalue weighted by Crippen LogP contribution is 2.64. The molecule has 1 unspecified atom stereocenters. The Morgan fingerprint density at radius 2 is 1.82 bits per heavy atom. The molecular formula is C19H29NO2. The van der Waals surface area contributed by atoms with E-state index in [0.29, 0.717) is 23.0 Å². The molecule has 0 bridgehead atoms. The minimum atomic E-state index is -0.0246. The highest BCUT2D eigenvalue weighted by Gasteiger charge is 2.59. The summed E-state index contributed by atoms with van der Waals surface area (Å²) in [5, 5.41) is 3.09. The van der Waals surface area contributed by atoms with Crippen LogP contribution in [0.3, 0.4) is 0 Å². The molecule has 3 nitrogen and oxygen atoms in total. The predicted molar refractivity (Wildman–Crippen MR) is 85.1 cm³/mol. The molecule has 4 aliphatic rings. The first kappa shape index (κ1) is 14.7. The van der Waals surface area contributed by atoms with Crippen LogP contribution in [0.2, 0.25) is 0 Å². The van der Waals surface area contributed by atoms with Crippen LogP contribution in [0.25, 0.3) is 0 Å². The van der Waals surface area contributed by atoms with Crippen molar-refractivity contribution < 1.29 is 9.59 Å². The van der Waals surface area contributed by atoms with Crippen LogP contribution in [-0.2, 0) is 9.59 Å². The minimum absolute atomic E-state index is 0.0246. The van der Waals surface area contributed by atoms with Crippen molar-refractivity contribution in [3.8, 4) is 0 Å². The summed E-state index contributed by atoms with van der Waals surface area (Å²) in [6.07, 6.45) is 8.49. The first-order valence-corrected chi connectivity index (χ1v) is 9.25. The van der Waals surface area contributed by atoms with Crippen molar-refractivity contribution in [2.24, 2.45) is 34.5 Å². The lowest BCUT2D eigenvalue weighted by molar-refractivity contribution is -0.137. The van der Waals surface area contributed by atoms with Gasteiger partial charge in [-0.25, -0.2) is 0 Å².